The SMILES string of the molecule is CCCC(CCC)(CCC)c1nnc(-c2cccc(CC(C)C)c2)n1-c1ccc(C(C)(C)C)cc1C. The quantitative estimate of drug-likeness (QED) is 0.270. The standard InChI is InChI=1S/C33H49N3/c1-10-18-33(19-11-2,20-12-3)31-35-34-30(27-15-13-14-26(23-27)21-24(4)5)36(31)29-17-16-28(22-25(29)6)32(7,8)9/h13-17,22-24H,10-12,18-21H2,1-9H3. The van der Waals surface area contributed by atoms with Gasteiger partial charge in [-0.2, -0.15) is 0 Å². The van der Waals surface area contributed by atoms with Crippen molar-refractivity contribution >= 4 is 0 Å². The van der Waals surface area contributed by atoms with Gasteiger partial charge in [-0.15, -0.1) is 10.2 Å². The molecular formula is C33H49N3. The van der Waals surface area contributed by atoms with E-state index in [4.69, 9.17) is 10.2 Å². The van der Waals surface area contributed by atoms with E-state index in [9.17, 15) is 0 Å². The second kappa shape index (κ2) is 11.8. The summed E-state index contributed by atoms with van der Waals surface area (Å²) in [5.74, 6) is 2.73. The molecule has 0 spiro atoms. The maximum atomic E-state index is 5.01. The fourth-order valence-corrected chi connectivity index (χ4v) is 5.87. The van der Waals surface area contributed by atoms with Gasteiger partial charge in [0.15, 0.2) is 5.82 Å². The second-order valence-electron chi connectivity index (χ2n) is 12.3. The Labute approximate surface area is 220 Å². The van der Waals surface area contributed by atoms with Crippen LogP contribution in [-0.4, -0.2) is 14.8 Å². The van der Waals surface area contributed by atoms with Crippen molar-refractivity contribution < 1.29 is 0 Å². The van der Waals surface area contributed by atoms with Gasteiger partial charge in [0.1, 0.15) is 5.82 Å². The molecule has 3 rings (SSSR count). The van der Waals surface area contributed by atoms with Gasteiger partial charge in [-0.3, -0.25) is 4.57 Å². The van der Waals surface area contributed by atoms with E-state index in [-0.39, 0.29) is 10.8 Å². The zero-order chi connectivity index (χ0) is 26.5. The van der Waals surface area contributed by atoms with Crippen LogP contribution < -0.4 is 0 Å². The van der Waals surface area contributed by atoms with Crippen LogP contribution in [0, 0.1) is 12.8 Å². The first-order valence-electron chi connectivity index (χ1n) is 14.2. The minimum atomic E-state index is 0.0359. The summed E-state index contributed by atoms with van der Waals surface area (Å²) in [5.41, 5.74) is 6.52. The van der Waals surface area contributed by atoms with E-state index in [1.54, 1.807) is 0 Å². The number of hydrogen-bond acceptors (Lipinski definition) is 2. The molecule has 1 heterocycles. The summed E-state index contributed by atoms with van der Waals surface area (Å²) in [4.78, 5) is 0. The van der Waals surface area contributed by atoms with Crippen LogP contribution in [-0.2, 0) is 17.3 Å². The molecule has 0 fully saturated rings. The zero-order valence-electron chi connectivity index (χ0n) is 24.4. The molecule has 3 nitrogen and oxygen atoms in total. The molecule has 3 aromatic rings. The normalized spacial score (nSPS) is 12.5. The Morgan fingerprint density at radius 2 is 1.47 bits per heavy atom. The van der Waals surface area contributed by atoms with Gasteiger partial charge < -0.3 is 0 Å². The lowest BCUT2D eigenvalue weighted by atomic mass is 9.74. The highest BCUT2D eigenvalue weighted by atomic mass is 15.3. The van der Waals surface area contributed by atoms with Crippen LogP contribution in [0.25, 0.3) is 17.1 Å². The van der Waals surface area contributed by atoms with Crippen molar-refractivity contribution in [2.45, 2.75) is 118 Å². The highest BCUT2D eigenvalue weighted by molar-refractivity contribution is 5.61. The first-order chi connectivity index (χ1) is 17.1. The van der Waals surface area contributed by atoms with Gasteiger partial charge in [0, 0.05) is 11.0 Å². The van der Waals surface area contributed by atoms with E-state index in [0.29, 0.717) is 5.92 Å². The van der Waals surface area contributed by atoms with E-state index < -0.39 is 0 Å². The van der Waals surface area contributed by atoms with Gasteiger partial charge in [0.25, 0.3) is 0 Å². The Morgan fingerprint density at radius 3 is 2.00 bits per heavy atom. The second-order valence-corrected chi connectivity index (χ2v) is 12.3. The lowest BCUT2D eigenvalue weighted by Gasteiger charge is -2.33. The molecule has 0 unspecified atom stereocenters. The van der Waals surface area contributed by atoms with Crippen molar-refractivity contribution in [2.75, 3.05) is 0 Å². The lowest BCUT2D eigenvalue weighted by molar-refractivity contribution is 0.304. The van der Waals surface area contributed by atoms with E-state index in [2.05, 4.69) is 109 Å². The Bertz CT molecular complexity index is 1110. The van der Waals surface area contributed by atoms with Crippen molar-refractivity contribution in [3.8, 4) is 17.1 Å². The fourth-order valence-electron chi connectivity index (χ4n) is 5.87. The summed E-state index contributed by atoms with van der Waals surface area (Å²) < 4.78 is 2.41. The number of nitrogens with zero attached hydrogens (tertiary/aromatic N) is 3. The van der Waals surface area contributed by atoms with Crippen molar-refractivity contribution in [2.24, 2.45) is 5.92 Å². The molecule has 2 aromatic carbocycles. The fraction of sp³-hybridized carbons (Fsp3) is 0.576. The Kier molecular flexibility index (Phi) is 9.19. The van der Waals surface area contributed by atoms with Gasteiger partial charge in [0.05, 0.1) is 5.69 Å². The van der Waals surface area contributed by atoms with Gasteiger partial charge in [0.2, 0.25) is 0 Å². The monoisotopic (exact) mass is 487 g/mol. The third-order valence-electron chi connectivity index (χ3n) is 7.46. The summed E-state index contributed by atoms with van der Waals surface area (Å²) in [6.45, 7) is 20.6. The molecule has 0 aliphatic rings. The molecule has 0 saturated heterocycles. The van der Waals surface area contributed by atoms with Crippen molar-refractivity contribution in [3.63, 3.8) is 0 Å². The molecular weight excluding hydrogens is 438 g/mol. The van der Waals surface area contributed by atoms with E-state index in [1.165, 1.54) is 22.4 Å². The Morgan fingerprint density at radius 1 is 0.833 bits per heavy atom. The molecule has 0 aliphatic heterocycles. The van der Waals surface area contributed by atoms with Crippen molar-refractivity contribution in [3.05, 3.63) is 65.0 Å². The number of benzene rings is 2. The maximum absolute atomic E-state index is 5.01. The molecule has 0 amide bonds. The minimum absolute atomic E-state index is 0.0359. The third kappa shape index (κ3) is 6.10. The maximum Gasteiger partial charge on any atom is 0.168 e. The molecule has 0 bridgehead atoms. The molecule has 0 N–H and O–H groups in total. The average Bonchev–Trinajstić information content (AvgIpc) is 3.24. The first-order valence-corrected chi connectivity index (χ1v) is 14.2. The summed E-state index contributed by atoms with van der Waals surface area (Å²) >= 11 is 0. The average molecular weight is 488 g/mol. The van der Waals surface area contributed by atoms with Crippen LogP contribution in [0.2, 0.25) is 0 Å². The molecule has 1 aromatic heterocycles. The molecule has 3 heteroatoms. The number of rotatable bonds is 11. The highest BCUT2D eigenvalue weighted by Gasteiger charge is 2.36. The topological polar surface area (TPSA) is 30.7 Å². The minimum Gasteiger partial charge on any atom is -0.278 e. The Balaban J connectivity index is 2.31. The van der Waals surface area contributed by atoms with Crippen molar-refractivity contribution in [1.29, 1.82) is 0 Å². The van der Waals surface area contributed by atoms with Crippen LogP contribution in [0.5, 0.6) is 0 Å². The van der Waals surface area contributed by atoms with Crippen molar-refractivity contribution in [1.82, 2.24) is 14.8 Å². The Hall–Kier alpha value is -2.42. The predicted octanol–water partition coefficient (Wildman–Crippen LogP) is 9.38. The lowest BCUT2D eigenvalue weighted by Crippen LogP contribution is -2.30. The number of aromatic nitrogens is 3. The summed E-state index contributed by atoms with van der Waals surface area (Å²) in [6.07, 6.45) is 7.92. The van der Waals surface area contributed by atoms with Gasteiger partial charge in [-0.25, -0.2) is 0 Å². The smallest absolute Gasteiger partial charge is 0.168 e. The van der Waals surface area contributed by atoms with Crippen LogP contribution in [0.15, 0.2) is 42.5 Å². The number of hydrogen-bond donors (Lipinski definition) is 0. The summed E-state index contributed by atoms with van der Waals surface area (Å²) in [7, 11) is 0. The zero-order valence-corrected chi connectivity index (χ0v) is 24.4. The first kappa shape index (κ1) is 28.2. The third-order valence-corrected chi connectivity index (χ3v) is 7.46. The molecule has 0 radical (unpaired) electrons. The van der Waals surface area contributed by atoms with Crippen LogP contribution in [0.3, 0.4) is 0 Å². The number of aryl methyl sites for hydroxylation is 1. The molecule has 0 saturated carbocycles. The van der Waals surface area contributed by atoms with Gasteiger partial charge >= 0.3 is 0 Å². The van der Waals surface area contributed by atoms with Gasteiger partial charge in [-0.05, 0) is 72.8 Å². The van der Waals surface area contributed by atoms with E-state index in [1.807, 2.05) is 0 Å². The van der Waals surface area contributed by atoms with Crippen LogP contribution in [0.4, 0.5) is 0 Å². The summed E-state index contributed by atoms with van der Waals surface area (Å²) in [5, 5.41) is 9.93. The largest absolute Gasteiger partial charge is 0.278 e. The molecule has 196 valence electrons. The van der Waals surface area contributed by atoms with Gasteiger partial charge in [-0.1, -0.05) is 105 Å². The van der Waals surface area contributed by atoms with E-state index in [0.717, 1.165) is 62.2 Å². The predicted molar refractivity (Wildman–Crippen MR) is 155 cm³/mol. The van der Waals surface area contributed by atoms with E-state index >= 15 is 0 Å². The molecule has 36 heavy (non-hydrogen) atoms. The van der Waals surface area contributed by atoms with Crippen LogP contribution >= 0.6 is 0 Å². The molecule has 0 aliphatic carbocycles. The van der Waals surface area contributed by atoms with Crippen LogP contribution in [0.1, 0.15) is 116 Å². The highest BCUT2D eigenvalue weighted by Crippen LogP contribution is 2.41. The summed E-state index contributed by atoms with van der Waals surface area (Å²) in [6, 6.07) is 15.9. The molecule has 0 atom stereocenters.